The first-order valence-electron chi connectivity index (χ1n) is 7.10. The van der Waals surface area contributed by atoms with Crippen molar-refractivity contribution >= 4 is 11.8 Å². The molecule has 0 radical (unpaired) electrons. The van der Waals surface area contributed by atoms with Crippen LogP contribution in [0.15, 0.2) is 36.5 Å². The van der Waals surface area contributed by atoms with Gasteiger partial charge in [0, 0.05) is 11.0 Å². The van der Waals surface area contributed by atoms with Gasteiger partial charge < -0.3 is 5.11 Å². The molecule has 1 N–H and O–H groups in total. The standard InChI is InChI=1S/C15H19N3OS/c19-15(11-20-13-8-4-5-9-13)14-10-16-17-18(14)12-6-2-1-3-7-12/h1-3,6-7,10,13,15,19H,4-5,8-9,11H2. The summed E-state index contributed by atoms with van der Waals surface area (Å²) < 4.78 is 1.72. The average molecular weight is 289 g/mol. The molecule has 1 aliphatic carbocycles. The number of hydrogen-bond donors (Lipinski definition) is 1. The van der Waals surface area contributed by atoms with Crippen molar-refractivity contribution in [3.05, 3.63) is 42.2 Å². The molecule has 2 aromatic rings. The zero-order valence-corrected chi connectivity index (χ0v) is 12.2. The second-order valence-electron chi connectivity index (χ2n) is 5.16. The van der Waals surface area contributed by atoms with Crippen LogP contribution in [0.3, 0.4) is 0 Å². The van der Waals surface area contributed by atoms with Gasteiger partial charge in [-0.15, -0.1) is 5.10 Å². The summed E-state index contributed by atoms with van der Waals surface area (Å²) in [6.07, 6.45) is 6.37. The van der Waals surface area contributed by atoms with Gasteiger partial charge in [-0.3, -0.25) is 0 Å². The third-order valence-corrected chi connectivity index (χ3v) is 5.16. The molecule has 1 heterocycles. The predicted molar refractivity (Wildman–Crippen MR) is 81.0 cm³/mol. The van der Waals surface area contributed by atoms with Crippen molar-refractivity contribution in [3.63, 3.8) is 0 Å². The fourth-order valence-corrected chi connectivity index (χ4v) is 3.90. The smallest absolute Gasteiger partial charge is 0.107 e. The van der Waals surface area contributed by atoms with Crippen molar-refractivity contribution in [1.29, 1.82) is 0 Å². The molecule has 3 rings (SSSR count). The van der Waals surface area contributed by atoms with Gasteiger partial charge in [-0.2, -0.15) is 11.8 Å². The van der Waals surface area contributed by atoms with E-state index in [1.807, 2.05) is 42.1 Å². The Balaban J connectivity index is 1.69. The van der Waals surface area contributed by atoms with Crippen LogP contribution in [0, 0.1) is 0 Å². The number of para-hydroxylation sites is 1. The third-order valence-electron chi connectivity index (χ3n) is 3.71. The maximum Gasteiger partial charge on any atom is 0.107 e. The number of aromatic nitrogens is 3. The van der Waals surface area contributed by atoms with Gasteiger partial charge >= 0.3 is 0 Å². The van der Waals surface area contributed by atoms with Gasteiger partial charge in [0.05, 0.1) is 17.6 Å². The maximum atomic E-state index is 10.4. The van der Waals surface area contributed by atoms with Crippen LogP contribution in [0.2, 0.25) is 0 Å². The van der Waals surface area contributed by atoms with E-state index in [0.29, 0.717) is 11.0 Å². The number of nitrogens with zero attached hydrogens (tertiary/aromatic N) is 3. The van der Waals surface area contributed by atoms with Gasteiger partial charge in [-0.1, -0.05) is 36.3 Å². The minimum atomic E-state index is -0.518. The summed E-state index contributed by atoms with van der Waals surface area (Å²) in [5.41, 5.74) is 1.70. The lowest BCUT2D eigenvalue weighted by molar-refractivity contribution is 0.195. The van der Waals surface area contributed by atoms with E-state index in [1.54, 1.807) is 10.9 Å². The highest BCUT2D eigenvalue weighted by Crippen LogP contribution is 2.32. The van der Waals surface area contributed by atoms with E-state index in [0.717, 1.165) is 11.4 Å². The minimum absolute atomic E-state index is 0.518. The van der Waals surface area contributed by atoms with Gasteiger partial charge in [0.2, 0.25) is 0 Å². The van der Waals surface area contributed by atoms with Gasteiger partial charge in [-0.05, 0) is 25.0 Å². The van der Waals surface area contributed by atoms with Gasteiger partial charge in [0.1, 0.15) is 6.10 Å². The molecule has 4 nitrogen and oxygen atoms in total. The van der Waals surface area contributed by atoms with Crippen molar-refractivity contribution in [2.45, 2.75) is 37.0 Å². The van der Waals surface area contributed by atoms with Crippen LogP contribution in [-0.2, 0) is 0 Å². The van der Waals surface area contributed by atoms with Crippen molar-refractivity contribution < 1.29 is 5.11 Å². The van der Waals surface area contributed by atoms with E-state index in [1.165, 1.54) is 25.7 Å². The van der Waals surface area contributed by atoms with E-state index in [-0.39, 0.29) is 0 Å². The molecule has 0 spiro atoms. The molecule has 5 heteroatoms. The van der Waals surface area contributed by atoms with Gasteiger partial charge in [0.25, 0.3) is 0 Å². The maximum absolute atomic E-state index is 10.4. The lowest BCUT2D eigenvalue weighted by atomic mass is 10.2. The molecule has 20 heavy (non-hydrogen) atoms. The second kappa shape index (κ2) is 6.41. The van der Waals surface area contributed by atoms with E-state index in [9.17, 15) is 5.11 Å². The Morgan fingerprint density at radius 3 is 2.75 bits per heavy atom. The summed E-state index contributed by atoms with van der Waals surface area (Å²) in [7, 11) is 0. The minimum Gasteiger partial charge on any atom is -0.386 e. The Labute approximate surface area is 123 Å². The van der Waals surface area contributed by atoms with Crippen molar-refractivity contribution in [2.75, 3.05) is 5.75 Å². The molecule has 1 fully saturated rings. The lowest BCUT2D eigenvalue weighted by Crippen LogP contribution is -2.11. The Morgan fingerprint density at radius 2 is 2.00 bits per heavy atom. The molecule has 1 aromatic heterocycles. The average Bonchev–Trinajstić information content (AvgIpc) is 3.17. The van der Waals surface area contributed by atoms with Crippen LogP contribution in [0.5, 0.6) is 0 Å². The molecule has 0 bridgehead atoms. The first-order valence-corrected chi connectivity index (χ1v) is 8.15. The van der Waals surface area contributed by atoms with Crippen molar-refractivity contribution in [1.82, 2.24) is 15.0 Å². The van der Waals surface area contributed by atoms with Crippen LogP contribution in [0.1, 0.15) is 37.5 Å². The quantitative estimate of drug-likeness (QED) is 0.919. The molecule has 1 aliphatic rings. The van der Waals surface area contributed by atoms with Gasteiger partial charge in [0.15, 0.2) is 0 Å². The highest BCUT2D eigenvalue weighted by molar-refractivity contribution is 7.99. The number of rotatable bonds is 5. The normalized spacial score (nSPS) is 17.4. The molecule has 1 saturated carbocycles. The number of benzene rings is 1. The fourth-order valence-electron chi connectivity index (χ4n) is 2.61. The van der Waals surface area contributed by atoms with E-state index in [2.05, 4.69) is 10.3 Å². The number of aliphatic hydroxyl groups is 1. The molecule has 1 aromatic carbocycles. The zero-order chi connectivity index (χ0) is 13.8. The van der Waals surface area contributed by atoms with E-state index in [4.69, 9.17) is 0 Å². The topological polar surface area (TPSA) is 50.9 Å². The summed E-state index contributed by atoms with van der Waals surface area (Å²) in [5.74, 6) is 0.713. The summed E-state index contributed by atoms with van der Waals surface area (Å²) in [4.78, 5) is 0. The van der Waals surface area contributed by atoms with Crippen LogP contribution >= 0.6 is 11.8 Å². The first-order chi connectivity index (χ1) is 9.84. The van der Waals surface area contributed by atoms with Crippen molar-refractivity contribution in [2.24, 2.45) is 0 Å². The highest BCUT2D eigenvalue weighted by Gasteiger charge is 2.20. The molecule has 1 unspecified atom stereocenters. The van der Waals surface area contributed by atoms with Crippen LogP contribution in [0.25, 0.3) is 5.69 Å². The summed E-state index contributed by atoms with van der Waals surface area (Å²) in [6, 6.07) is 9.82. The Morgan fingerprint density at radius 1 is 1.25 bits per heavy atom. The first kappa shape index (κ1) is 13.6. The Hall–Kier alpha value is -1.33. The molecule has 1 atom stereocenters. The number of thioether (sulfide) groups is 1. The van der Waals surface area contributed by atoms with Crippen molar-refractivity contribution in [3.8, 4) is 5.69 Å². The third kappa shape index (κ3) is 3.04. The zero-order valence-electron chi connectivity index (χ0n) is 11.4. The van der Waals surface area contributed by atoms with Crippen LogP contribution in [-0.4, -0.2) is 31.1 Å². The monoisotopic (exact) mass is 289 g/mol. The SMILES string of the molecule is OC(CSC1CCCC1)c1cnnn1-c1ccccc1. The Bertz CT molecular complexity index is 537. The van der Waals surface area contributed by atoms with E-state index < -0.39 is 6.10 Å². The molecular formula is C15H19N3OS. The largest absolute Gasteiger partial charge is 0.386 e. The van der Waals surface area contributed by atoms with E-state index >= 15 is 0 Å². The summed E-state index contributed by atoms with van der Waals surface area (Å²) in [5, 5.41) is 19.1. The fraction of sp³-hybridized carbons (Fsp3) is 0.467. The number of aliphatic hydroxyl groups excluding tert-OH is 1. The summed E-state index contributed by atoms with van der Waals surface area (Å²) >= 11 is 1.88. The highest BCUT2D eigenvalue weighted by atomic mass is 32.2. The molecule has 0 aliphatic heterocycles. The molecule has 106 valence electrons. The molecule has 0 amide bonds. The van der Waals surface area contributed by atoms with Gasteiger partial charge in [-0.25, -0.2) is 4.68 Å². The summed E-state index contributed by atoms with van der Waals surface area (Å²) in [6.45, 7) is 0. The van der Waals surface area contributed by atoms with Crippen LogP contribution < -0.4 is 0 Å². The predicted octanol–water partition coefficient (Wildman–Crippen LogP) is 2.98. The second-order valence-corrected chi connectivity index (χ2v) is 6.50. The number of hydrogen-bond acceptors (Lipinski definition) is 4. The van der Waals surface area contributed by atoms with Crippen LogP contribution in [0.4, 0.5) is 0 Å². The lowest BCUT2D eigenvalue weighted by Gasteiger charge is -2.14. The Kier molecular flexibility index (Phi) is 4.38. The molecule has 0 saturated heterocycles. The molecular weight excluding hydrogens is 270 g/mol.